The van der Waals surface area contributed by atoms with Crippen molar-refractivity contribution < 1.29 is 13.5 Å². The van der Waals surface area contributed by atoms with Gasteiger partial charge >= 0.3 is 0 Å². The highest BCUT2D eigenvalue weighted by molar-refractivity contribution is 7.89. The molecule has 0 unspecified atom stereocenters. The monoisotopic (exact) mass is 386 g/mol. The summed E-state index contributed by atoms with van der Waals surface area (Å²) in [6, 6.07) is 7.26. The molecule has 3 aromatic heterocycles. The Labute approximate surface area is 157 Å². The van der Waals surface area contributed by atoms with Crippen LogP contribution in [0.3, 0.4) is 0 Å². The molecule has 0 atom stereocenters. The molecule has 0 spiro atoms. The average molecular weight is 386 g/mol. The first kappa shape index (κ1) is 18.1. The number of aromatic nitrogens is 3. The smallest absolute Gasteiger partial charge is 0.258 e. The number of hydrogen-bond acceptors (Lipinski definition) is 5. The first-order valence-electron chi connectivity index (χ1n) is 8.88. The van der Waals surface area contributed by atoms with E-state index in [0.29, 0.717) is 5.92 Å². The summed E-state index contributed by atoms with van der Waals surface area (Å²) in [5, 5.41) is 10.2. The highest BCUT2D eigenvalue weighted by Gasteiger charge is 2.27. The van der Waals surface area contributed by atoms with Crippen LogP contribution in [-0.2, 0) is 10.0 Å². The molecule has 142 valence electrons. The summed E-state index contributed by atoms with van der Waals surface area (Å²) in [5.74, 6) is 0.596. The van der Waals surface area contributed by atoms with Crippen LogP contribution in [0.4, 0.5) is 0 Å². The topological polar surface area (TPSA) is 108 Å². The Kier molecular flexibility index (Phi) is 4.29. The molecule has 1 aliphatic carbocycles. The van der Waals surface area contributed by atoms with Crippen molar-refractivity contribution in [1.82, 2.24) is 19.7 Å². The lowest BCUT2D eigenvalue weighted by molar-refractivity contribution is 0.208. The highest BCUT2D eigenvalue weighted by Crippen LogP contribution is 2.41. The standard InChI is InChI=1S/C19H22N4O3S/c1-19(2,11-24)23-27(25,26)17-6-5-13(10-21-17)14-7-8-20-18-15(14)9-16(22-18)12-3-4-12/h5-10,12,23-24H,3-4,11H2,1-2H3,(H,20,22). The lowest BCUT2D eigenvalue weighted by Gasteiger charge is -2.22. The molecule has 0 aromatic carbocycles. The largest absolute Gasteiger partial charge is 0.394 e. The summed E-state index contributed by atoms with van der Waals surface area (Å²) in [5.41, 5.74) is 2.86. The van der Waals surface area contributed by atoms with Gasteiger partial charge < -0.3 is 10.1 Å². The van der Waals surface area contributed by atoms with E-state index < -0.39 is 15.6 Å². The van der Waals surface area contributed by atoms with Crippen molar-refractivity contribution in [2.24, 2.45) is 0 Å². The first-order chi connectivity index (χ1) is 12.8. The van der Waals surface area contributed by atoms with Crippen LogP contribution in [0.15, 0.2) is 41.7 Å². The van der Waals surface area contributed by atoms with Crippen LogP contribution in [0.1, 0.15) is 38.3 Å². The third-order valence-electron chi connectivity index (χ3n) is 4.70. The molecule has 1 fully saturated rings. The van der Waals surface area contributed by atoms with Crippen molar-refractivity contribution in [3.8, 4) is 11.1 Å². The van der Waals surface area contributed by atoms with Crippen molar-refractivity contribution in [3.63, 3.8) is 0 Å². The first-order valence-corrected chi connectivity index (χ1v) is 10.4. The maximum absolute atomic E-state index is 12.5. The van der Waals surface area contributed by atoms with E-state index >= 15 is 0 Å². The summed E-state index contributed by atoms with van der Waals surface area (Å²) >= 11 is 0. The summed E-state index contributed by atoms with van der Waals surface area (Å²) < 4.78 is 27.4. The van der Waals surface area contributed by atoms with Gasteiger partial charge in [-0.15, -0.1) is 0 Å². The molecule has 7 nitrogen and oxygen atoms in total. The third-order valence-corrected chi connectivity index (χ3v) is 6.31. The number of aliphatic hydroxyl groups excluding tert-OH is 1. The molecule has 0 amide bonds. The second kappa shape index (κ2) is 6.40. The quantitative estimate of drug-likeness (QED) is 0.603. The van der Waals surface area contributed by atoms with Crippen LogP contribution in [0.2, 0.25) is 0 Å². The van der Waals surface area contributed by atoms with Gasteiger partial charge in [0, 0.05) is 29.0 Å². The molecule has 1 aliphatic rings. The second-order valence-corrected chi connectivity index (χ2v) is 9.28. The molecule has 27 heavy (non-hydrogen) atoms. The number of rotatable bonds is 6. The van der Waals surface area contributed by atoms with E-state index in [1.54, 1.807) is 32.3 Å². The van der Waals surface area contributed by atoms with Gasteiger partial charge in [-0.2, -0.15) is 0 Å². The minimum absolute atomic E-state index is 0.0780. The molecule has 0 aliphatic heterocycles. The SMILES string of the molecule is CC(C)(CO)NS(=O)(=O)c1ccc(-c2ccnc3[nH]c(C4CC4)cc23)cn1. The Morgan fingerprint density at radius 2 is 2.04 bits per heavy atom. The van der Waals surface area contributed by atoms with E-state index in [0.717, 1.165) is 22.2 Å². The van der Waals surface area contributed by atoms with Crippen molar-refractivity contribution >= 4 is 21.1 Å². The van der Waals surface area contributed by atoms with Gasteiger partial charge in [0.15, 0.2) is 5.03 Å². The maximum Gasteiger partial charge on any atom is 0.258 e. The van der Waals surface area contributed by atoms with Crippen LogP contribution < -0.4 is 4.72 Å². The van der Waals surface area contributed by atoms with E-state index in [1.807, 2.05) is 6.07 Å². The molecule has 0 radical (unpaired) electrons. The fourth-order valence-electron chi connectivity index (χ4n) is 3.06. The molecule has 1 saturated carbocycles. The van der Waals surface area contributed by atoms with E-state index in [1.165, 1.54) is 24.6 Å². The third kappa shape index (κ3) is 3.60. The Bertz CT molecular complexity index is 1080. The number of aliphatic hydroxyl groups is 1. The number of pyridine rings is 2. The van der Waals surface area contributed by atoms with Crippen molar-refractivity contribution in [1.29, 1.82) is 0 Å². The molecule has 3 aromatic rings. The zero-order valence-corrected chi connectivity index (χ0v) is 16.0. The molecular formula is C19H22N4O3S. The molecule has 4 rings (SSSR count). The van der Waals surface area contributed by atoms with Crippen LogP contribution in [0.25, 0.3) is 22.2 Å². The highest BCUT2D eigenvalue weighted by atomic mass is 32.2. The Hall–Kier alpha value is -2.29. The lowest BCUT2D eigenvalue weighted by atomic mass is 10.1. The van der Waals surface area contributed by atoms with Crippen molar-refractivity contribution in [2.75, 3.05) is 6.61 Å². The number of aromatic amines is 1. The molecule has 0 bridgehead atoms. The zero-order valence-electron chi connectivity index (χ0n) is 15.2. The number of sulfonamides is 1. The number of nitrogens with one attached hydrogen (secondary N) is 2. The van der Waals surface area contributed by atoms with Crippen molar-refractivity contribution in [2.45, 2.75) is 43.2 Å². The Morgan fingerprint density at radius 3 is 2.67 bits per heavy atom. The van der Waals surface area contributed by atoms with E-state index in [4.69, 9.17) is 0 Å². The van der Waals surface area contributed by atoms with Gasteiger partial charge in [-0.25, -0.2) is 23.1 Å². The van der Waals surface area contributed by atoms with Crippen LogP contribution in [0, 0.1) is 0 Å². The van der Waals surface area contributed by atoms with E-state index in [9.17, 15) is 13.5 Å². The fraction of sp³-hybridized carbons (Fsp3) is 0.368. The Balaban J connectivity index is 1.67. The van der Waals surface area contributed by atoms with Crippen LogP contribution >= 0.6 is 0 Å². The zero-order chi connectivity index (χ0) is 19.2. The number of hydrogen-bond donors (Lipinski definition) is 3. The predicted molar refractivity (Wildman–Crippen MR) is 103 cm³/mol. The van der Waals surface area contributed by atoms with Gasteiger partial charge in [-0.05, 0) is 62.4 Å². The average Bonchev–Trinajstić information content (AvgIpc) is 3.39. The Morgan fingerprint density at radius 1 is 1.26 bits per heavy atom. The van der Waals surface area contributed by atoms with Gasteiger partial charge in [0.25, 0.3) is 10.0 Å². The summed E-state index contributed by atoms with van der Waals surface area (Å²) in [6.07, 6.45) is 5.70. The second-order valence-electron chi connectivity index (χ2n) is 7.65. The number of H-pyrrole nitrogens is 1. The van der Waals surface area contributed by atoms with Crippen LogP contribution in [-0.4, -0.2) is 40.6 Å². The van der Waals surface area contributed by atoms with Crippen LogP contribution in [0.5, 0.6) is 0 Å². The van der Waals surface area contributed by atoms with Gasteiger partial charge in [-0.1, -0.05) is 0 Å². The number of nitrogens with zero attached hydrogens (tertiary/aromatic N) is 2. The van der Waals surface area contributed by atoms with Gasteiger partial charge in [-0.3, -0.25) is 0 Å². The predicted octanol–water partition coefficient (Wildman–Crippen LogP) is 2.55. The fourth-order valence-corrected chi connectivity index (χ4v) is 4.40. The van der Waals surface area contributed by atoms with Gasteiger partial charge in [0.2, 0.25) is 0 Å². The minimum Gasteiger partial charge on any atom is -0.394 e. The summed E-state index contributed by atoms with van der Waals surface area (Å²) in [7, 11) is -3.81. The normalized spacial score (nSPS) is 15.4. The number of fused-ring (bicyclic) bond motifs is 1. The maximum atomic E-state index is 12.5. The molecule has 3 heterocycles. The molecular weight excluding hydrogens is 364 g/mol. The minimum atomic E-state index is -3.81. The van der Waals surface area contributed by atoms with Gasteiger partial charge in [0.05, 0.1) is 12.1 Å². The lowest BCUT2D eigenvalue weighted by Crippen LogP contribution is -2.46. The van der Waals surface area contributed by atoms with E-state index in [2.05, 4.69) is 25.7 Å². The van der Waals surface area contributed by atoms with Gasteiger partial charge in [0.1, 0.15) is 5.65 Å². The van der Waals surface area contributed by atoms with Crippen molar-refractivity contribution in [3.05, 3.63) is 42.4 Å². The molecule has 0 saturated heterocycles. The summed E-state index contributed by atoms with van der Waals surface area (Å²) in [4.78, 5) is 11.9. The van der Waals surface area contributed by atoms with E-state index in [-0.39, 0.29) is 11.6 Å². The molecule has 8 heteroatoms. The molecule has 3 N–H and O–H groups in total. The summed E-state index contributed by atoms with van der Waals surface area (Å²) in [6.45, 7) is 2.90.